The van der Waals surface area contributed by atoms with Crippen molar-refractivity contribution < 1.29 is 0 Å². The average Bonchev–Trinajstić information content (AvgIpc) is 2.28. The van der Waals surface area contributed by atoms with E-state index in [1.54, 1.807) is 6.07 Å². The molecule has 0 aliphatic heterocycles. The number of anilines is 1. The predicted octanol–water partition coefficient (Wildman–Crippen LogP) is 3.66. The first-order chi connectivity index (χ1) is 7.74. The van der Waals surface area contributed by atoms with Crippen LogP contribution in [0.4, 0.5) is 5.82 Å². The van der Waals surface area contributed by atoms with Gasteiger partial charge in [-0.1, -0.05) is 47.5 Å². The number of rotatable bonds is 3. The number of halogens is 1. The van der Waals surface area contributed by atoms with E-state index in [4.69, 9.17) is 11.6 Å². The molecule has 2 rings (SSSR count). The van der Waals surface area contributed by atoms with E-state index in [-0.39, 0.29) is 0 Å². The number of benzene rings is 1. The van der Waals surface area contributed by atoms with E-state index in [0.29, 0.717) is 5.15 Å². The maximum Gasteiger partial charge on any atom is 0.131 e. The minimum Gasteiger partial charge on any atom is -0.366 e. The Labute approximate surface area is 100 Å². The highest BCUT2D eigenvalue weighted by atomic mass is 35.5. The second-order valence-corrected chi connectivity index (χ2v) is 4.07. The number of hydrogen-bond donors (Lipinski definition) is 1. The van der Waals surface area contributed by atoms with Crippen LogP contribution in [0, 0.1) is 6.92 Å². The zero-order valence-corrected chi connectivity index (χ0v) is 9.83. The maximum absolute atomic E-state index is 5.80. The lowest BCUT2D eigenvalue weighted by atomic mass is 10.1. The van der Waals surface area contributed by atoms with Crippen LogP contribution in [0.5, 0.6) is 0 Å². The molecule has 0 spiro atoms. The van der Waals surface area contributed by atoms with Crippen molar-refractivity contribution in [2.75, 3.05) is 5.32 Å². The molecule has 0 bridgehead atoms. The summed E-state index contributed by atoms with van der Waals surface area (Å²) in [7, 11) is 0. The van der Waals surface area contributed by atoms with E-state index < -0.39 is 0 Å². The molecule has 16 heavy (non-hydrogen) atoms. The van der Waals surface area contributed by atoms with Crippen molar-refractivity contribution in [1.29, 1.82) is 0 Å². The fraction of sp³-hybridized carbons (Fsp3) is 0.154. The van der Waals surface area contributed by atoms with Crippen LogP contribution in [0.25, 0.3) is 0 Å². The Balaban J connectivity index is 1.99. The van der Waals surface area contributed by atoms with Gasteiger partial charge >= 0.3 is 0 Å². The average molecular weight is 233 g/mol. The smallest absolute Gasteiger partial charge is 0.131 e. The topological polar surface area (TPSA) is 24.9 Å². The summed E-state index contributed by atoms with van der Waals surface area (Å²) in [5.41, 5.74) is 2.50. The van der Waals surface area contributed by atoms with Crippen LogP contribution in [0.15, 0.2) is 42.5 Å². The lowest BCUT2D eigenvalue weighted by molar-refractivity contribution is 1.11. The molecular weight excluding hydrogens is 220 g/mol. The van der Waals surface area contributed by atoms with Gasteiger partial charge in [-0.15, -0.1) is 0 Å². The fourth-order valence-corrected chi connectivity index (χ4v) is 1.57. The van der Waals surface area contributed by atoms with Gasteiger partial charge in [-0.05, 0) is 24.6 Å². The number of nitrogens with zero attached hydrogens (tertiary/aromatic N) is 1. The molecule has 1 aromatic heterocycles. The zero-order valence-electron chi connectivity index (χ0n) is 9.07. The van der Waals surface area contributed by atoms with E-state index >= 15 is 0 Å². The van der Waals surface area contributed by atoms with Gasteiger partial charge in [-0.3, -0.25) is 0 Å². The minimum atomic E-state index is 0.508. The summed E-state index contributed by atoms with van der Waals surface area (Å²) in [5, 5.41) is 3.73. The van der Waals surface area contributed by atoms with Crippen molar-refractivity contribution in [1.82, 2.24) is 4.98 Å². The predicted molar refractivity (Wildman–Crippen MR) is 67.8 cm³/mol. The molecule has 2 aromatic rings. The number of hydrogen-bond acceptors (Lipinski definition) is 2. The van der Waals surface area contributed by atoms with Gasteiger partial charge in [-0.2, -0.15) is 0 Å². The summed E-state index contributed by atoms with van der Waals surface area (Å²) < 4.78 is 0. The highest BCUT2D eigenvalue weighted by molar-refractivity contribution is 6.29. The summed E-state index contributed by atoms with van der Waals surface area (Å²) in [6.07, 6.45) is 0. The Hall–Kier alpha value is -1.54. The molecule has 0 atom stereocenters. The van der Waals surface area contributed by atoms with Crippen LogP contribution in [-0.2, 0) is 6.54 Å². The standard InChI is InChI=1S/C13H13ClN2/c1-10-5-7-11(8-6-10)9-15-13-4-2-3-12(14)16-13/h2-8H,9H2,1H3,(H,15,16). The molecule has 82 valence electrons. The van der Waals surface area contributed by atoms with Gasteiger partial charge in [0.2, 0.25) is 0 Å². The van der Waals surface area contributed by atoms with Crippen molar-refractivity contribution in [2.24, 2.45) is 0 Å². The van der Waals surface area contributed by atoms with Crippen LogP contribution in [0.1, 0.15) is 11.1 Å². The molecule has 0 unspecified atom stereocenters. The van der Waals surface area contributed by atoms with Crippen LogP contribution in [0.2, 0.25) is 5.15 Å². The molecule has 1 N–H and O–H groups in total. The third-order valence-electron chi connectivity index (χ3n) is 2.31. The third-order valence-corrected chi connectivity index (χ3v) is 2.52. The molecule has 2 nitrogen and oxygen atoms in total. The Bertz CT molecular complexity index is 466. The first kappa shape index (κ1) is 11.0. The van der Waals surface area contributed by atoms with Gasteiger partial charge in [0.05, 0.1) is 0 Å². The van der Waals surface area contributed by atoms with Crippen LogP contribution in [-0.4, -0.2) is 4.98 Å². The maximum atomic E-state index is 5.80. The SMILES string of the molecule is Cc1ccc(CNc2cccc(Cl)n2)cc1. The molecule has 0 amide bonds. The fourth-order valence-electron chi connectivity index (χ4n) is 1.41. The molecule has 0 saturated carbocycles. The molecule has 0 fully saturated rings. The summed E-state index contributed by atoms with van der Waals surface area (Å²) >= 11 is 5.80. The van der Waals surface area contributed by atoms with E-state index in [2.05, 4.69) is 41.5 Å². The Morgan fingerprint density at radius 3 is 2.56 bits per heavy atom. The first-order valence-electron chi connectivity index (χ1n) is 5.16. The molecule has 1 aromatic carbocycles. The highest BCUT2D eigenvalue weighted by Crippen LogP contribution is 2.11. The Kier molecular flexibility index (Phi) is 3.42. The van der Waals surface area contributed by atoms with E-state index in [0.717, 1.165) is 12.4 Å². The normalized spacial score (nSPS) is 10.1. The second kappa shape index (κ2) is 4.99. The van der Waals surface area contributed by atoms with Gasteiger partial charge in [0.15, 0.2) is 0 Å². The zero-order chi connectivity index (χ0) is 11.4. The quantitative estimate of drug-likeness (QED) is 0.817. The molecule has 3 heteroatoms. The monoisotopic (exact) mass is 232 g/mol. The highest BCUT2D eigenvalue weighted by Gasteiger charge is 1.96. The van der Waals surface area contributed by atoms with E-state index in [9.17, 15) is 0 Å². The van der Waals surface area contributed by atoms with Crippen molar-refractivity contribution in [3.05, 3.63) is 58.7 Å². The van der Waals surface area contributed by atoms with Crippen LogP contribution in [0.3, 0.4) is 0 Å². The number of pyridine rings is 1. The van der Waals surface area contributed by atoms with Crippen molar-refractivity contribution in [3.63, 3.8) is 0 Å². The van der Waals surface area contributed by atoms with E-state index in [1.165, 1.54) is 11.1 Å². The summed E-state index contributed by atoms with van der Waals surface area (Å²) in [6.45, 7) is 2.84. The van der Waals surface area contributed by atoms with Gasteiger partial charge in [0, 0.05) is 6.54 Å². The number of nitrogens with one attached hydrogen (secondary N) is 1. The Morgan fingerprint density at radius 1 is 1.12 bits per heavy atom. The number of aryl methyl sites for hydroxylation is 1. The molecular formula is C13H13ClN2. The van der Waals surface area contributed by atoms with Gasteiger partial charge < -0.3 is 5.32 Å². The van der Waals surface area contributed by atoms with Gasteiger partial charge in [0.1, 0.15) is 11.0 Å². The Morgan fingerprint density at radius 2 is 1.88 bits per heavy atom. The molecule has 0 radical (unpaired) electrons. The summed E-state index contributed by atoms with van der Waals surface area (Å²) in [5.74, 6) is 0.799. The number of aromatic nitrogens is 1. The lowest BCUT2D eigenvalue weighted by Crippen LogP contribution is -2.00. The molecule has 1 heterocycles. The van der Waals surface area contributed by atoms with Crippen molar-refractivity contribution in [3.8, 4) is 0 Å². The molecule has 0 aliphatic rings. The third kappa shape index (κ3) is 2.97. The minimum absolute atomic E-state index is 0.508. The van der Waals surface area contributed by atoms with E-state index in [1.807, 2.05) is 12.1 Å². The lowest BCUT2D eigenvalue weighted by Gasteiger charge is -2.05. The first-order valence-corrected chi connectivity index (χ1v) is 5.54. The van der Waals surface area contributed by atoms with Crippen molar-refractivity contribution in [2.45, 2.75) is 13.5 Å². The van der Waals surface area contributed by atoms with Crippen LogP contribution >= 0.6 is 11.6 Å². The molecule has 0 saturated heterocycles. The van der Waals surface area contributed by atoms with Gasteiger partial charge in [-0.25, -0.2) is 4.98 Å². The summed E-state index contributed by atoms with van der Waals surface area (Å²) in [4.78, 5) is 4.16. The van der Waals surface area contributed by atoms with Crippen LogP contribution < -0.4 is 5.32 Å². The van der Waals surface area contributed by atoms with Gasteiger partial charge in [0.25, 0.3) is 0 Å². The largest absolute Gasteiger partial charge is 0.366 e. The van der Waals surface area contributed by atoms with Crippen molar-refractivity contribution >= 4 is 17.4 Å². The molecule has 0 aliphatic carbocycles. The second-order valence-electron chi connectivity index (χ2n) is 3.68. The summed E-state index contributed by atoms with van der Waals surface area (Å²) in [6, 6.07) is 14.0.